The summed E-state index contributed by atoms with van der Waals surface area (Å²) in [5.41, 5.74) is 0.983. The van der Waals surface area contributed by atoms with Crippen molar-refractivity contribution in [2.45, 2.75) is 31.5 Å². The van der Waals surface area contributed by atoms with Crippen LogP contribution in [-0.2, 0) is 16.1 Å². The van der Waals surface area contributed by atoms with Gasteiger partial charge in [0, 0.05) is 12.6 Å². The lowest BCUT2D eigenvalue weighted by Gasteiger charge is -2.26. The molecular weight excluding hydrogens is 254 g/mol. The smallest absolute Gasteiger partial charge is 0.320 e. The Hall–Kier alpha value is -1.90. The number of nitrogens with one attached hydrogen (secondary N) is 2. The number of benzene rings is 1. The van der Waals surface area contributed by atoms with E-state index in [1.165, 1.54) is 0 Å². The molecule has 1 aliphatic rings. The highest BCUT2D eigenvalue weighted by molar-refractivity contribution is 5.71. The molecule has 0 aromatic heterocycles. The second kappa shape index (κ2) is 7.63. The normalized spacial score (nSPS) is 21.9. The molecule has 1 aromatic carbocycles. The summed E-state index contributed by atoms with van der Waals surface area (Å²) in [5.74, 6) is -0.253. The van der Waals surface area contributed by atoms with E-state index in [9.17, 15) is 4.79 Å². The second-order valence-electron chi connectivity index (χ2n) is 4.89. The Morgan fingerprint density at radius 1 is 1.40 bits per heavy atom. The summed E-state index contributed by atoms with van der Waals surface area (Å²) in [6.07, 6.45) is 1.71. The SMILES string of the molecule is N#C[C@@H]1CC[C@@H](NCC(=O)OCc2ccccc2)CN1. The van der Waals surface area contributed by atoms with Gasteiger partial charge in [0.05, 0.1) is 18.7 Å². The van der Waals surface area contributed by atoms with Crippen LogP contribution in [0.3, 0.4) is 0 Å². The number of hydrogen-bond acceptors (Lipinski definition) is 5. The Morgan fingerprint density at radius 2 is 2.20 bits per heavy atom. The van der Waals surface area contributed by atoms with Gasteiger partial charge in [0.1, 0.15) is 6.61 Å². The van der Waals surface area contributed by atoms with Crippen LogP contribution in [0, 0.1) is 11.3 Å². The standard InChI is InChI=1S/C15H19N3O2/c16-8-13-6-7-14(9-17-13)18-10-15(19)20-11-12-4-2-1-3-5-12/h1-5,13-14,17-18H,6-7,9-11H2/t13-,14+/m0/s1. The summed E-state index contributed by atoms with van der Waals surface area (Å²) < 4.78 is 5.19. The Balaban J connectivity index is 1.62. The van der Waals surface area contributed by atoms with Crippen molar-refractivity contribution < 1.29 is 9.53 Å². The molecule has 106 valence electrons. The van der Waals surface area contributed by atoms with Crippen molar-refractivity contribution in [3.8, 4) is 6.07 Å². The molecule has 0 aliphatic carbocycles. The van der Waals surface area contributed by atoms with Gasteiger partial charge in [0.15, 0.2) is 0 Å². The number of nitriles is 1. The van der Waals surface area contributed by atoms with E-state index in [2.05, 4.69) is 16.7 Å². The van der Waals surface area contributed by atoms with Crippen LogP contribution in [0.5, 0.6) is 0 Å². The molecule has 0 spiro atoms. The molecule has 0 saturated carbocycles. The van der Waals surface area contributed by atoms with Crippen molar-refractivity contribution in [3.63, 3.8) is 0 Å². The molecule has 5 nitrogen and oxygen atoms in total. The number of ether oxygens (including phenoxy) is 1. The van der Waals surface area contributed by atoms with Crippen LogP contribution in [0.25, 0.3) is 0 Å². The molecule has 2 atom stereocenters. The molecule has 2 N–H and O–H groups in total. The van der Waals surface area contributed by atoms with Crippen molar-refractivity contribution in [3.05, 3.63) is 35.9 Å². The Bertz CT molecular complexity index is 462. The molecule has 0 unspecified atom stereocenters. The average Bonchev–Trinajstić information content (AvgIpc) is 2.52. The fourth-order valence-electron chi connectivity index (χ4n) is 2.16. The maximum absolute atomic E-state index is 11.6. The van der Waals surface area contributed by atoms with Gasteiger partial charge in [-0.1, -0.05) is 30.3 Å². The molecule has 1 saturated heterocycles. The Morgan fingerprint density at radius 3 is 2.85 bits per heavy atom. The first kappa shape index (κ1) is 14.5. The van der Waals surface area contributed by atoms with Crippen molar-refractivity contribution >= 4 is 5.97 Å². The number of nitrogens with zero attached hydrogens (tertiary/aromatic N) is 1. The third-order valence-electron chi connectivity index (χ3n) is 3.35. The topological polar surface area (TPSA) is 74.2 Å². The highest BCUT2D eigenvalue weighted by Gasteiger charge is 2.20. The monoisotopic (exact) mass is 273 g/mol. The minimum atomic E-state index is -0.253. The van der Waals surface area contributed by atoms with Gasteiger partial charge in [-0.05, 0) is 18.4 Å². The molecule has 0 bridgehead atoms. The maximum atomic E-state index is 11.6. The highest BCUT2D eigenvalue weighted by Crippen LogP contribution is 2.07. The molecule has 1 aromatic rings. The number of carbonyl (C=O) groups excluding carboxylic acids is 1. The van der Waals surface area contributed by atoms with E-state index in [1.54, 1.807) is 0 Å². The summed E-state index contributed by atoms with van der Waals surface area (Å²) in [4.78, 5) is 11.6. The molecule has 0 radical (unpaired) electrons. The van der Waals surface area contributed by atoms with Gasteiger partial charge in [-0.25, -0.2) is 0 Å². The number of hydrogen-bond donors (Lipinski definition) is 2. The largest absolute Gasteiger partial charge is 0.460 e. The van der Waals surface area contributed by atoms with Gasteiger partial charge in [0.25, 0.3) is 0 Å². The zero-order valence-corrected chi connectivity index (χ0v) is 11.3. The van der Waals surface area contributed by atoms with E-state index in [1.807, 2.05) is 30.3 Å². The number of carbonyl (C=O) groups is 1. The van der Waals surface area contributed by atoms with E-state index >= 15 is 0 Å². The first-order chi connectivity index (χ1) is 9.78. The van der Waals surface area contributed by atoms with Gasteiger partial charge in [-0.2, -0.15) is 5.26 Å². The van der Waals surface area contributed by atoms with Gasteiger partial charge < -0.3 is 15.4 Å². The molecular formula is C15H19N3O2. The van der Waals surface area contributed by atoms with Crippen LogP contribution in [0.1, 0.15) is 18.4 Å². The minimum absolute atomic E-state index is 0.0573. The lowest BCUT2D eigenvalue weighted by Crippen LogP contribution is -2.48. The number of esters is 1. The van der Waals surface area contributed by atoms with Gasteiger partial charge in [-0.3, -0.25) is 4.79 Å². The average molecular weight is 273 g/mol. The Kier molecular flexibility index (Phi) is 5.54. The third-order valence-corrected chi connectivity index (χ3v) is 3.35. The molecule has 1 heterocycles. The van der Waals surface area contributed by atoms with Crippen LogP contribution < -0.4 is 10.6 Å². The van der Waals surface area contributed by atoms with Crippen molar-refractivity contribution in [2.75, 3.05) is 13.1 Å². The molecule has 1 aliphatic heterocycles. The van der Waals surface area contributed by atoms with E-state index in [4.69, 9.17) is 10.00 Å². The number of rotatable bonds is 5. The molecule has 1 fully saturated rings. The van der Waals surface area contributed by atoms with Crippen molar-refractivity contribution in [2.24, 2.45) is 0 Å². The lowest BCUT2D eigenvalue weighted by molar-refractivity contribution is -0.144. The fraction of sp³-hybridized carbons (Fsp3) is 0.467. The van der Waals surface area contributed by atoms with Crippen molar-refractivity contribution in [1.29, 1.82) is 5.26 Å². The summed E-state index contributed by atoms with van der Waals surface area (Å²) in [5, 5.41) is 15.0. The third kappa shape index (κ3) is 4.65. The predicted molar refractivity (Wildman–Crippen MR) is 74.7 cm³/mol. The molecule has 5 heteroatoms. The molecule has 20 heavy (non-hydrogen) atoms. The fourth-order valence-corrected chi connectivity index (χ4v) is 2.16. The highest BCUT2D eigenvalue weighted by atomic mass is 16.5. The van der Waals surface area contributed by atoms with Crippen molar-refractivity contribution in [1.82, 2.24) is 10.6 Å². The van der Waals surface area contributed by atoms with Gasteiger partial charge in [-0.15, -0.1) is 0 Å². The van der Waals surface area contributed by atoms with Crippen LogP contribution in [-0.4, -0.2) is 31.1 Å². The first-order valence-electron chi connectivity index (χ1n) is 6.84. The summed E-state index contributed by atoms with van der Waals surface area (Å²) >= 11 is 0. The zero-order chi connectivity index (χ0) is 14.2. The summed E-state index contributed by atoms with van der Waals surface area (Å²) in [6, 6.07) is 12.0. The quantitative estimate of drug-likeness (QED) is 0.782. The summed E-state index contributed by atoms with van der Waals surface area (Å²) in [6.45, 7) is 1.22. The molecule has 0 amide bonds. The van der Waals surface area contributed by atoms with Crippen LogP contribution >= 0.6 is 0 Å². The minimum Gasteiger partial charge on any atom is -0.460 e. The molecule has 2 rings (SSSR count). The van der Waals surface area contributed by atoms with E-state index in [0.29, 0.717) is 13.2 Å². The number of piperidine rings is 1. The first-order valence-corrected chi connectivity index (χ1v) is 6.84. The predicted octanol–water partition coefficient (Wildman–Crippen LogP) is 0.964. The Labute approximate surface area is 118 Å². The van der Waals surface area contributed by atoms with Crippen LogP contribution in [0.4, 0.5) is 0 Å². The van der Waals surface area contributed by atoms with E-state index < -0.39 is 0 Å². The van der Waals surface area contributed by atoms with E-state index in [0.717, 1.165) is 18.4 Å². The second-order valence-corrected chi connectivity index (χ2v) is 4.89. The zero-order valence-electron chi connectivity index (χ0n) is 11.3. The van der Waals surface area contributed by atoms with Crippen LogP contribution in [0.15, 0.2) is 30.3 Å². The summed E-state index contributed by atoms with van der Waals surface area (Å²) in [7, 11) is 0. The maximum Gasteiger partial charge on any atom is 0.320 e. The van der Waals surface area contributed by atoms with Gasteiger partial charge >= 0.3 is 5.97 Å². The van der Waals surface area contributed by atoms with Crippen LogP contribution in [0.2, 0.25) is 0 Å². The van der Waals surface area contributed by atoms with Gasteiger partial charge in [0.2, 0.25) is 0 Å². The lowest BCUT2D eigenvalue weighted by atomic mass is 10.0. The van der Waals surface area contributed by atoms with E-state index in [-0.39, 0.29) is 24.6 Å².